The van der Waals surface area contributed by atoms with Crippen molar-refractivity contribution in [1.82, 2.24) is 9.55 Å². The molecule has 1 saturated heterocycles. The Hall–Kier alpha value is -1.86. The summed E-state index contributed by atoms with van der Waals surface area (Å²) in [6.07, 6.45) is 5.12. The first-order valence-electron chi connectivity index (χ1n) is 9.94. The lowest BCUT2D eigenvalue weighted by molar-refractivity contribution is 0.260. The number of nitrogens with one attached hydrogen (secondary N) is 1. The average molecular weight is 409 g/mol. The third-order valence-electron chi connectivity index (χ3n) is 6.77. The van der Waals surface area contributed by atoms with Crippen LogP contribution in [-0.4, -0.2) is 28.7 Å². The quantitative estimate of drug-likeness (QED) is 0.799. The number of aromatic nitrogens is 2. The number of halogens is 2. The van der Waals surface area contributed by atoms with Crippen molar-refractivity contribution in [1.29, 1.82) is 0 Å². The Morgan fingerprint density at radius 1 is 1.18 bits per heavy atom. The van der Waals surface area contributed by atoms with Crippen LogP contribution in [-0.2, 0) is 0 Å². The zero-order valence-corrected chi connectivity index (χ0v) is 16.7. The molecule has 1 aliphatic heterocycles. The summed E-state index contributed by atoms with van der Waals surface area (Å²) in [6.45, 7) is 3.37. The molecule has 2 aliphatic carbocycles. The van der Waals surface area contributed by atoms with Crippen molar-refractivity contribution in [3.8, 4) is 0 Å². The molecule has 3 unspecified atom stereocenters. The first-order chi connectivity index (χ1) is 13.0. The van der Waals surface area contributed by atoms with E-state index >= 15 is 4.39 Å². The number of H-pyrrole nitrogens is 1. The molecule has 1 aromatic heterocycles. The molecule has 3 fully saturated rings. The maximum atomic E-state index is 15.1. The van der Waals surface area contributed by atoms with Gasteiger partial charge in [-0.2, -0.15) is 0 Å². The molecule has 3 N–H and O–H groups in total. The fourth-order valence-electron chi connectivity index (χ4n) is 5.34. The molecule has 0 spiro atoms. The van der Waals surface area contributed by atoms with E-state index in [0.29, 0.717) is 28.6 Å². The van der Waals surface area contributed by atoms with Gasteiger partial charge in [0, 0.05) is 30.7 Å². The molecule has 1 aromatic carbocycles. The second kappa shape index (κ2) is 6.88. The van der Waals surface area contributed by atoms with E-state index in [9.17, 15) is 9.59 Å². The smallest absolute Gasteiger partial charge is 0.329 e. The molecule has 0 radical (unpaired) electrons. The Kier molecular flexibility index (Phi) is 4.78. The summed E-state index contributed by atoms with van der Waals surface area (Å²) < 4.78 is 16.8. The number of benzene rings is 1. The average Bonchev–Trinajstić information content (AvgIpc) is 3.35. The van der Waals surface area contributed by atoms with E-state index in [2.05, 4.69) is 9.88 Å². The third kappa shape index (κ3) is 2.87. The van der Waals surface area contributed by atoms with Gasteiger partial charge in [-0.1, -0.05) is 6.42 Å². The minimum atomic E-state index is -0.516. The normalized spacial score (nSPS) is 27.0. The van der Waals surface area contributed by atoms with Crippen molar-refractivity contribution in [2.45, 2.75) is 51.1 Å². The van der Waals surface area contributed by atoms with E-state index in [1.54, 1.807) is 4.57 Å². The van der Waals surface area contributed by atoms with Gasteiger partial charge in [0.05, 0.1) is 16.6 Å². The van der Waals surface area contributed by atoms with Crippen LogP contribution in [0.1, 0.15) is 43.7 Å². The minimum Gasteiger partial charge on any atom is -0.368 e. The fraction of sp³-hybridized carbons (Fsp3) is 0.600. The molecule has 0 bridgehead atoms. The summed E-state index contributed by atoms with van der Waals surface area (Å²) in [5.41, 5.74) is 7.22. The minimum absolute atomic E-state index is 0. The molecule has 2 aromatic rings. The maximum Gasteiger partial charge on any atom is 0.329 e. The molecule has 28 heavy (non-hydrogen) atoms. The molecule has 0 amide bonds. The SMILES string of the molecule is Cc1c(N2CC3CCCC(N)C3C2)c(F)cc2c(=O)[nH]c(=O)n(C3CC3)c12.Cl. The maximum absolute atomic E-state index is 15.1. The first-order valence-corrected chi connectivity index (χ1v) is 9.94. The lowest BCUT2D eigenvalue weighted by Gasteiger charge is -2.29. The molecule has 152 valence electrons. The van der Waals surface area contributed by atoms with Gasteiger partial charge in [0.15, 0.2) is 0 Å². The van der Waals surface area contributed by atoms with Crippen LogP contribution in [0, 0.1) is 24.6 Å². The van der Waals surface area contributed by atoms with Gasteiger partial charge < -0.3 is 10.6 Å². The second-order valence-corrected chi connectivity index (χ2v) is 8.51. The van der Waals surface area contributed by atoms with Crippen LogP contribution in [0.2, 0.25) is 0 Å². The van der Waals surface area contributed by atoms with Crippen LogP contribution in [0.15, 0.2) is 15.7 Å². The van der Waals surface area contributed by atoms with E-state index in [4.69, 9.17) is 5.73 Å². The van der Waals surface area contributed by atoms with Gasteiger partial charge in [0.1, 0.15) is 5.82 Å². The standard InChI is InChI=1S/C20H25FN4O2.ClH/c1-10-17-13(19(26)23-20(27)25(17)12-5-6-12)7-15(21)18(10)24-8-11-3-2-4-16(22)14(11)9-24;/h7,11-12,14,16H,2-6,8-9,22H2,1H3,(H,23,26,27);1H. The fourth-order valence-corrected chi connectivity index (χ4v) is 5.34. The van der Waals surface area contributed by atoms with Crippen LogP contribution < -0.4 is 21.9 Å². The van der Waals surface area contributed by atoms with Crippen molar-refractivity contribution < 1.29 is 4.39 Å². The summed E-state index contributed by atoms with van der Waals surface area (Å²) in [6, 6.07) is 1.57. The number of hydrogen-bond donors (Lipinski definition) is 2. The van der Waals surface area contributed by atoms with Crippen LogP contribution in [0.3, 0.4) is 0 Å². The Bertz CT molecular complexity index is 1050. The number of rotatable bonds is 2. The predicted molar refractivity (Wildman–Crippen MR) is 110 cm³/mol. The third-order valence-corrected chi connectivity index (χ3v) is 6.77. The molecular weight excluding hydrogens is 383 g/mol. The highest BCUT2D eigenvalue weighted by Crippen LogP contribution is 2.42. The number of hydrogen-bond acceptors (Lipinski definition) is 4. The molecule has 3 aliphatic rings. The van der Waals surface area contributed by atoms with Crippen LogP contribution in [0.5, 0.6) is 0 Å². The second-order valence-electron chi connectivity index (χ2n) is 8.51. The lowest BCUT2D eigenvalue weighted by Crippen LogP contribution is -2.38. The zero-order valence-electron chi connectivity index (χ0n) is 15.9. The van der Waals surface area contributed by atoms with Gasteiger partial charge in [0.2, 0.25) is 0 Å². The van der Waals surface area contributed by atoms with E-state index in [1.807, 2.05) is 6.92 Å². The van der Waals surface area contributed by atoms with E-state index < -0.39 is 17.1 Å². The van der Waals surface area contributed by atoms with Gasteiger partial charge in [-0.3, -0.25) is 14.3 Å². The van der Waals surface area contributed by atoms with Gasteiger partial charge in [-0.15, -0.1) is 12.4 Å². The molecule has 8 heteroatoms. The largest absolute Gasteiger partial charge is 0.368 e. The van der Waals surface area contributed by atoms with Gasteiger partial charge in [0.25, 0.3) is 5.56 Å². The Morgan fingerprint density at radius 3 is 2.61 bits per heavy atom. The number of aryl methyl sites for hydroxylation is 1. The number of nitrogens with zero attached hydrogens (tertiary/aromatic N) is 2. The van der Waals surface area contributed by atoms with Crippen molar-refractivity contribution >= 4 is 29.0 Å². The molecule has 2 heterocycles. The highest BCUT2D eigenvalue weighted by atomic mass is 35.5. The highest BCUT2D eigenvalue weighted by Gasteiger charge is 2.40. The zero-order chi connectivity index (χ0) is 18.9. The monoisotopic (exact) mass is 408 g/mol. The van der Waals surface area contributed by atoms with Gasteiger partial charge in [-0.05, 0) is 50.5 Å². The summed E-state index contributed by atoms with van der Waals surface area (Å²) >= 11 is 0. The molecule has 3 atom stereocenters. The van der Waals surface area contributed by atoms with E-state index in [0.717, 1.165) is 45.2 Å². The van der Waals surface area contributed by atoms with Crippen molar-refractivity contribution in [3.05, 3.63) is 38.3 Å². The number of fused-ring (bicyclic) bond motifs is 2. The highest BCUT2D eigenvalue weighted by molar-refractivity contribution is 5.87. The van der Waals surface area contributed by atoms with E-state index in [-0.39, 0.29) is 29.9 Å². The van der Waals surface area contributed by atoms with Crippen molar-refractivity contribution in [3.63, 3.8) is 0 Å². The Labute approximate surface area is 168 Å². The molecule has 5 rings (SSSR count). The lowest BCUT2D eigenvalue weighted by atomic mass is 9.78. The van der Waals surface area contributed by atoms with Crippen LogP contribution >= 0.6 is 12.4 Å². The molecular formula is C20H26ClFN4O2. The molecule has 2 saturated carbocycles. The van der Waals surface area contributed by atoms with Crippen molar-refractivity contribution in [2.24, 2.45) is 17.6 Å². The summed E-state index contributed by atoms with van der Waals surface area (Å²) in [7, 11) is 0. The Morgan fingerprint density at radius 2 is 1.93 bits per heavy atom. The number of anilines is 1. The summed E-state index contributed by atoms with van der Waals surface area (Å²) in [5, 5.41) is 0.258. The van der Waals surface area contributed by atoms with Gasteiger partial charge in [-0.25, -0.2) is 9.18 Å². The van der Waals surface area contributed by atoms with Crippen LogP contribution in [0.25, 0.3) is 10.9 Å². The topological polar surface area (TPSA) is 84.1 Å². The summed E-state index contributed by atoms with van der Waals surface area (Å²) in [5.74, 6) is 0.491. The predicted octanol–water partition coefficient (Wildman–Crippen LogP) is 2.46. The van der Waals surface area contributed by atoms with Gasteiger partial charge >= 0.3 is 5.69 Å². The molecule has 6 nitrogen and oxygen atoms in total. The van der Waals surface area contributed by atoms with Crippen LogP contribution in [0.4, 0.5) is 10.1 Å². The first kappa shape index (κ1) is 19.5. The van der Waals surface area contributed by atoms with E-state index in [1.165, 1.54) is 6.07 Å². The number of nitrogens with two attached hydrogens (primary N) is 1. The Balaban J connectivity index is 0.00000192. The number of aromatic amines is 1. The summed E-state index contributed by atoms with van der Waals surface area (Å²) in [4.78, 5) is 29.2. The van der Waals surface area contributed by atoms with Crippen molar-refractivity contribution in [2.75, 3.05) is 18.0 Å².